The average Bonchev–Trinajstić information content (AvgIpc) is 3.09. The summed E-state index contributed by atoms with van der Waals surface area (Å²) in [6, 6.07) is 20.9. The highest BCUT2D eigenvalue weighted by atomic mass is 79.9. The number of nitrogens with one attached hydrogen (secondary N) is 1. The zero-order valence-corrected chi connectivity index (χ0v) is 15.2. The van der Waals surface area contributed by atoms with E-state index in [1.54, 1.807) is 16.6 Å². The molecule has 0 bridgehead atoms. The van der Waals surface area contributed by atoms with Crippen LogP contribution in [0.1, 0.15) is 16.2 Å². The summed E-state index contributed by atoms with van der Waals surface area (Å²) in [6.07, 6.45) is 0. The first-order valence-corrected chi connectivity index (χ1v) is 8.80. The lowest BCUT2D eigenvalue weighted by molar-refractivity contribution is 0.0949. The number of benzene rings is 2. The van der Waals surface area contributed by atoms with Crippen molar-refractivity contribution < 1.29 is 4.79 Å². The van der Waals surface area contributed by atoms with E-state index in [1.165, 1.54) is 0 Å². The van der Waals surface area contributed by atoms with Crippen molar-refractivity contribution in [2.45, 2.75) is 6.54 Å². The van der Waals surface area contributed by atoms with Crippen LogP contribution in [0.5, 0.6) is 0 Å². The number of amides is 1. The van der Waals surface area contributed by atoms with Crippen LogP contribution in [0.2, 0.25) is 0 Å². The highest BCUT2D eigenvalue weighted by molar-refractivity contribution is 9.10. The molecule has 26 heavy (non-hydrogen) atoms. The van der Waals surface area contributed by atoms with Gasteiger partial charge in [-0.25, -0.2) is 0 Å². The van der Waals surface area contributed by atoms with Crippen molar-refractivity contribution in [3.05, 3.63) is 82.6 Å². The second-order valence-corrected chi connectivity index (χ2v) is 6.58. The van der Waals surface area contributed by atoms with Crippen molar-refractivity contribution in [3.63, 3.8) is 0 Å². The van der Waals surface area contributed by atoms with Crippen LogP contribution in [0.25, 0.3) is 16.9 Å². The van der Waals surface area contributed by atoms with Gasteiger partial charge in [0.25, 0.3) is 5.91 Å². The van der Waals surface area contributed by atoms with Crippen molar-refractivity contribution >= 4 is 27.5 Å². The van der Waals surface area contributed by atoms with E-state index in [4.69, 9.17) is 0 Å². The lowest BCUT2D eigenvalue weighted by Gasteiger charge is -2.05. The first-order chi connectivity index (χ1) is 12.7. The Morgan fingerprint density at radius 1 is 1.00 bits per heavy atom. The summed E-state index contributed by atoms with van der Waals surface area (Å²) in [5, 5.41) is 15.7. The van der Waals surface area contributed by atoms with Gasteiger partial charge in [-0.2, -0.15) is 9.61 Å². The van der Waals surface area contributed by atoms with Gasteiger partial charge in [-0.15, -0.1) is 10.2 Å². The van der Waals surface area contributed by atoms with Gasteiger partial charge in [0.1, 0.15) is 0 Å². The molecule has 2 heterocycles. The molecule has 128 valence electrons. The zero-order chi connectivity index (χ0) is 17.9. The molecule has 7 heteroatoms. The van der Waals surface area contributed by atoms with Gasteiger partial charge < -0.3 is 5.32 Å². The molecule has 0 aliphatic carbocycles. The minimum absolute atomic E-state index is 0.178. The molecule has 0 radical (unpaired) electrons. The Morgan fingerprint density at radius 2 is 1.85 bits per heavy atom. The maximum absolute atomic E-state index is 12.3. The van der Waals surface area contributed by atoms with Crippen LogP contribution < -0.4 is 5.32 Å². The molecule has 1 N–H and O–H groups in total. The van der Waals surface area contributed by atoms with Gasteiger partial charge in [-0.05, 0) is 30.3 Å². The topological polar surface area (TPSA) is 72.2 Å². The summed E-state index contributed by atoms with van der Waals surface area (Å²) in [5.41, 5.74) is 3.03. The monoisotopic (exact) mass is 407 g/mol. The SMILES string of the molecule is O=C(NCc1nnc2ccc(-c3ccccc3)nn12)c1cccc(Br)c1. The molecule has 1 amide bonds. The van der Waals surface area contributed by atoms with E-state index < -0.39 is 0 Å². The largest absolute Gasteiger partial charge is 0.345 e. The summed E-state index contributed by atoms with van der Waals surface area (Å²) >= 11 is 3.37. The molecule has 2 aromatic heterocycles. The maximum atomic E-state index is 12.3. The van der Waals surface area contributed by atoms with Crippen LogP contribution in [0, 0.1) is 0 Å². The third kappa shape index (κ3) is 3.34. The number of carbonyl (C=O) groups excluding carboxylic acids is 1. The molecule has 0 saturated carbocycles. The molecule has 4 aromatic rings. The van der Waals surface area contributed by atoms with Crippen LogP contribution >= 0.6 is 15.9 Å². The van der Waals surface area contributed by atoms with Crippen LogP contribution in [-0.2, 0) is 6.54 Å². The summed E-state index contributed by atoms with van der Waals surface area (Å²) in [5.74, 6) is 0.392. The molecule has 0 saturated heterocycles. The van der Waals surface area contributed by atoms with Gasteiger partial charge in [-0.1, -0.05) is 52.3 Å². The lowest BCUT2D eigenvalue weighted by atomic mass is 10.1. The highest BCUT2D eigenvalue weighted by Crippen LogP contribution is 2.17. The smallest absolute Gasteiger partial charge is 0.251 e. The van der Waals surface area contributed by atoms with Crippen LogP contribution in [0.15, 0.2) is 71.2 Å². The number of fused-ring (bicyclic) bond motifs is 1. The third-order valence-electron chi connectivity index (χ3n) is 3.89. The number of nitrogens with zero attached hydrogens (tertiary/aromatic N) is 4. The number of hydrogen-bond acceptors (Lipinski definition) is 4. The summed E-state index contributed by atoms with van der Waals surface area (Å²) in [7, 11) is 0. The fourth-order valence-electron chi connectivity index (χ4n) is 2.60. The standard InChI is InChI=1S/C19H14BrN5O/c20-15-8-4-7-14(11-15)19(26)21-12-18-23-22-17-10-9-16(24-25(17)18)13-5-2-1-3-6-13/h1-11H,12H2,(H,21,26). The van der Waals surface area contributed by atoms with Crippen LogP contribution in [0.3, 0.4) is 0 Å². The molecule has 2 aromatic carbocycles. The predicted molar refractivity (Wildman–Crippen MR) is 102 cm³/mol. The highest BCUT2D eigenvalue weighted by Gasteiger charge is 2.11. The fourth-order valence-corrected chi connectivity index (χ4v) is 3.00. The Hall–Kier alpha value is -3.06. The molecule has 0 spiro atoms. The van der Waals surface area contributed by atoms with Gasteiger partial charge >= 0.3 is 0 Å². The number of carbonyl (C=O) groups is 1. The second-order valence-electron chi connectivity index (χ2n) is 5.66. The van der Waals surface area contributed by atoms with E-state index in [2.05, 4.69) is 36.5 Å². The molecular weight excluding hydrogens is 394 g/mol. The fraction of sp³-hybridized carbons (Fsp3) is 0.0526. The van der Waals surface area contributed by atoms with Crippen molar-refractivity contribution in [1.82, 2.24) is 25.1 Å². The Morgan fingerprint density at radius 3 is 2.65 bits per heavy atom. The Bertz CT molecular complexity index is 1080. The Kier molecular flexibility index (Phi) is 4.45. The minimum Gasteiger partial charge on any atom is -0.345 e. The van der Waals surface area contributed by atoms with E-state index in [-0.39, 0.29) is 12.5 Å². The third-order valence-corrected chi connectivity index (χ3v) is 4.38. The van der Waals surface area contributed by atoms with Crippen molar-refractivity contribution in [1.29, 1.82) is 0 Å². The van der Waals surface area contributed by atoms with Crippen LogP contribution in [0.4, 0.5) is 0 Å². The molecular formula is C19H14BrN5O. The summed E-state index contributed by atoms with van der Waals surface area (Å²) in [6.45, 7) is 0.234. The first-order valence-electron chi connectivity index (χ1n) is 8.01. The Balaban J connectivity index is 1.58. The van der Waals surface area contributed by atoms with E-state index >= 15 is 0 Å². The molecule has 0 aliphatic rings. The molecule has 0 atom stereocenters. The maximum Gasteiger partial charge on any atom is 0.251 e. The normalized spacial score (nSPS) is 10.8. The first kappa shape index (κ1) is 16.4. The van der Waals surface area contributed by atoms with E-state index in [1.807, 2.05) is 54.6 Å². The number of halogens is 1. The molecule has 6 nitrogen and oxygen atoms in total. The average molecular weight is 408 g/mol. The summed E-state index contributed by atoms with van der Waals surface area (Å²) in [4.78, 5) is 12.3. The van der Waals surface area contributed by atoms with Gasteiger partial charge in [-0.3, -0.25) is 4.79 Å². The lowest BCUT2D eigenvalue weighted by Crippen LogP contribution is -2.24. The molecule has 0 fully saturated rings. The van der Waals surface area contributed by atoms with E-state index in [0.717, 1.165) is 15.7 Å². The number of hydrogen-bond donors (Lipinski definition) is 1. The van der Waals surface area contributed by atoms with E-state index in [0.29, 0.717) is 17.0 Å². The zero-order valence-electron chi connectivity index (χ0n) is 13.6. The van der Waals surface area contributed by atoms with Crippen molar-refractivity contribution in [3.8, 4) is 11.3 Å². The number of rotatable bonds is 4. The minimum atomic E-state index is -0.178. The number of aromatic nitrogens is 4. The van der Waals surface area contributed by atoms with Gasteiger partial charge in [0.2, 0.25) is 0 Å². The molecule has 4 rings (SSSR count). The predicted octanol–water partition coefficient (Wildman–Crippen LogP) is 3.48. The van der Waals surface area contributed by atoms with Crippen LogP contribution in [-0.4, -0.2) is 25.7 Å². The second kappa shape index (κ2) is 7.05. The quantitative estimate of drug-likeness (QED) is 0.561. The molecule has 0 unspecified atom stereocenters. The summed E-state index contributed by atoms with van der Waals surface area (Å²) < 4.78 is 2.51. The Labute approximate surface area is 158 Å². The van der Waals surface area contributed by atoms with Crippen molar-refractivity contribution in [2.75, 3.05) is 0 Å². The van der Waals surface area contributed by atoms with Gasteiger partial charge in [0.05, 0.1) is 12.2 Å². The van der Waals surface area contributed by atoms with Gasteiger partial charge in [0.15, 0.2) is 11.5 Å². The molecule has 0 aliphatic heterocycles. The van der Waals surface area contributed by atoms with E-state index in [9.17, 15) is 4.79 Å². The van der Waals surface area contributed by atoms with Gasteiger partial charge in [0, 0.05) is 15.6 Å². The van der Waals surface area contributed by atoms with Crippen molar-refractivity contribution in [2.24, 2.45) is 0 Å².